The van der Waals surface area contributed by atoms with Gasteiger partial charge in [-0.15, -0.1) is 0 Å². The van der Waals surface area contributed by atoms with Crippen LogP contribution >= 0.6 is 0 Å². The maximum Gasteiger partial charge on any atom is 0.247 e. The molecule has 3 nitrogen and oxygen atoms in total. The Balaban J connectivity index is 4.23. The number of nitrogens with two attached hydrogens (primary N) is 1. The number of aliphatic hydroxyl groups excluding tert-OH is 1. The molecule has 0 fully saturated rings. The van der Waals surface area contributed by atoms with Gasteiger partial charge < -0.3 is 10.8 Å². The molecule has 0 aromatic carbocycles. The lowest BCUT2D eigenvalue weighted by Crippen LogP contribution is -2.12. The first-order valence-corrected chi connectivity index (χ1v) is 2.22. The Hall–Kier alpha value is -0.990. The monoisotopic (exact) mass is 115 g/mol. The van der Waals surface area contributed by atoms with Crippen LogP contribution in [-0.4, -0.2) is 11.0 Å². The second-order valence-corrected chi connectivity index (χ2v) is 1.57. The van der Waals surface area contributed by atoms with Crippen molar-refractivity contribution in [2.75, 3.05) is 0 Å². The number of rotatable bonds is 1. The summed E-state index contributed by atoms with van der Waals surface area (Å²) in [6.07, 6.45) is 0. The van der Waals surface area contributed by atoms with Crippen molar-refractivity contribution in [3.05, 3.63) is 11.3 Å². The second-order valence-electron chi connectivity index (χ2n) is 1.57. The van der Waals surface area contributed by atoms with E-state index in [1.807, 2.05) is 0 Å². The first-order chi connectivity index (χ1) is 3.55. The summed E-state index contributed by atoms with van der Waals surface area (Å²) in [6.45, 7) is 2.89. The lowest BCUT2D eigenvalue weighted by molar-refractivity contribution is -0.114. The van der Waals surface area contributed by atoms with Crippen molar-refractivity contribution in [2.24, 2.45) is 5.73 Å². The average molecular weight is 115 g/mol. The molecule has 0 heterocycles. The van der Waals surface area contributed by atoms with E-state index in [0.717, 1.165) is 0 Å². The molecule has 0 aromatic rings. The average Bonchev–Trinajstić information content (AvgIpc) is 1.64. The van der Waals surface area contributed by atoms with Gasteiger partial charge >= 0.3 is 0 Å². The molecule has 0 aliphatic carbocycles. The van der Waals surface area contributed by atoms with E-state index in [1.54, 1.807) is 0 Å². The zero-order valence-corrected chi connectivity index (χ0v) is 4.93. The Labute approximate surface area is 47.8 Å². The molecule has 0 aliphatic heterocycles. The SMILES string of the molecule is C/C(O)=C(/C)C(N)=O. The number of hydrogen-bond donors (Lipinski definition) is 2. The number of allylic oxidation sites excluding steroid dienone is 1. The van der Waals surface area contributed by atoms with Gasteiger partial charge in [0, 0.05) is 0 Å². The molecule has 0 bridgehead atoms. The fraction of sp³-hybridized carbons (Fsp3) is 0.400. The smallest absolute Gasteiger partial charge is 0.247 e. The van der Waals surface area contributed by atoms with Crippen molar-refractivity contribution in [3.63, 3.8) is 0 Å². The van der Waals surface area contributed by atoms with Gasteiger partial charge in [-0.05, 0) is 13.8 Å². The standard InChI is InChI=1S/C5H9NO2/c1-3(4(2)7)5(6)8/h7H,1-2H3,(H2,6,8)/b4-3+. The predicted octanol–water partition coefficient (Wildman–Crippen LogP) is 0.324. The number of carbonyl (C=O) groups is 1. The van der Waals surface area contributed by atoms with Crippen molar-refractivity contribution in [3.8, 4) is 0 Å². The van der Waals surface area contributed by atoms with Crippen LogP contribution in [0.5, 0.6) is 0 Å². The van der Waals surface area contributed by atoms with E-state index < -0.39 is 5.91 Å². The Kier molecular flexibility index (Phi) is 2.06. The summed E-state index contributed by atoms with van der Waals surface area (Å²) in [4.78, 5) is 10.1. The van der Waals surface area contributed by atoms with Crippen LogP contribution in [0.3, 0.4) is 0 Å². The summed E-state index contributed by atoms with van der Waals surface area (Å²) in [5, 5.41) is 8.57. The van der Waals surface area contributed by atoms with E-state index in [1.165, 1.54) is 13.8 Å². The number of carbonyl (C=O) groups excluding carboxylic acids is 1. The van der Waals surface area contributed by atoms with Gasteiger partial charge in [0.2, 0.25) is 5.91 Å². The highest BCUT2D eigenvalue weighted by atomic mass is 16.3. The number of hydrogen-bond acceptors (Lipinski definition) is 2. The Bertz CT molecular complexity index is 133. The summed E-state index contributed by atoms with van der Waals surface area (Å²) in [7, 11) is 0. The summed E-state index contributed by atoms with van der Waals surface area (Å²) >= 11 is 0. The first-order valence-electron chi connectivity index (χ1n) is 2.22. The molecule has 46 valence electrons. The fourth-order valence-corrected chi connectivity index (χ4v) is 0.178. The van der Waals surface area contributed by atoms with E-state index in [4.69, 9.17) is 10.8 Å². The largest absolute Gasteiger partial charge is 0.512 e. The molecular weight excluding hydrogens is 106 g/mol. The molecule has 8 heavy (non-hydrogen) atoms. The molecule has 0 unspecified atom stereocenters. The molecule has 0 saturated carbocycles. The quantitative estimate of drug-likeness (QED) is 0.382. The van der Waals surface area contributed by atoms with Crippen LogP contribution < -0.4 is 5.73 Å². The van der Waals surface area contributed by atoms with Crippen LogP contribution in [0.4, 0.5) is 0 Å². The molecule has 3 N–H and O–H groups in total. The molecule has 0 radical (unpaired) electrons. The molecule has 0 saturated heterocycles. The van der Waals surface area contributed by atoms with Crippen LogP contribution in [-0.2, 0) is 4.79 Å². The Morgan fingerprint density at radius 1 is 1.50 bits per heavy atom. The van der Waals surface area contributed by atoms with Gasteiger partial charge in [0.15, 0.2) is 0 Å². The van der Waals surface area contributed by atoms with Gasteiger partial charge in [-0.3, -0.25) is 4.79 Å². The summed E-state index contributed by atoms with van der Waals surface area (Å²) in [5.41, 5.74) is 4.99. The van der Waals surface area contributed by atoms with Gasteiger partial charge in [0.25, 0.3) is 0 Å². The van der Waals surface area contributed by atoms with Gasteiger partial charge in [-0.1, -0.05) is 0 Å². The van der Waals surface area contributed by atoms with E-state index >= 15 is 0 Å². The highest BCUT2D eigenvalue weighted by Gasteiger charge is 1.98. The summed E-state index contributed by atoms with van der Waals surface area (Å²) in [5.74, 6) is -0.595. The van der Waals surface area contributed by atoms with Gasteiger partial charge in [-0.2, -0.15) is 0 Å². The third-order valence-electron chi connectivity index (χ3n) is 0.912. The molecule has 1 amide bonds. The van der Waals surface area contributed by atoms with Crippen molar-refractivity contribution in [1.29, 1.82) is 0 Å². The summed E-state index contributed by atoms with van der Waals surface area (Å²) < 4.78 is 0. The van der Waals surface area contributed by atoms with Crippen molar-refractivity contribution in [1.82, 2.24) is 0 Å². The van der Waals surface area contributed by atoms with Crippen LogP contribution in [0, 0.1) is 0 Å². The lowest BCUT2D eigenvalue weighted by Gasteiger charge is -1.92. The predicted molar refractivity (Wildman–Crippen MR) is 30.2 cm³/mol. The fourth-order valence-electron chi connectivity index (χ4n) is 0.178. The first kappa shape index (κ1) is 7.01. The van der Waals surface area contributed by atoms with E-state index in [9.17, 15) is 4.79 Å². The molecule has 0 aromatic heterocycles. The summed E-state index contributed by atoms with van der Waals surface area (Å²) in [6, 6.07) is 0. The van der Waals surface area contributed by atoms with Crippen LogP contribution in [0.2, 0.25) is 0 Å². The second kappa shape index (κ2) is 2.35. The number of primary amides is 1. The molecule has 0 atom stereocenters. The van der Waals surface area contributed by atoms with Crippen molar-refractivity contribution < 1.29 is 9.90 Å². The normalized spacial score (nSPS) is 12.8. The van der Waals surface area contributed by atoms with Crippen LogP contribution in [0.25, 0.3) is 0 Å². The third-order valence-corrected chi connectivity index (χ3v) is 0.912. The highest BCUT2D eigenvalue weighted by molar-refractivity contribution is 5.91. The topological polar surface area (TPSA) is 63.3 Å². The van der Waals surface area contributed by atoms with Crippen LogP contribution in [0.1, 0.15) is 13.8 Å². The number of amides is 1. The zero-order chi connectivity index (χ0) is 6.73. The molecule has 0 spiro atoms. The van der Waals surface area contributed by atoms with Gasteiger partial charge in [-0.25, -0.2) is 0 Å². The Morgan fingerprint density at radius 2 is 1.88 bits per heavy atom. The van der Waals surface area contributed by atoms with Crippen molar-refractivity contribution >= 4 is 5.91 Å². The third kappa shape index (κ3) is 1.64. The van der Waals surface area contributed by atoms with Crippen LogP contribution in [0.15, 0.2) is 11.3 Å². The van der Waals surface area contributed by atoms with E-state index in [0.29, 0.717) is 0 Å². The maximum absolute atomic E-state index is 10.1. The lowest BCUT2D eigenvalue weighted by atomic mass is 10.2. The minimum absolute atomic E-state index is 0.0162. The molecule has 0 aliphatic rings. The van der Waals surface area contributed by atoms with Gasteiger partial charge in [0.05, 0.1) is 11.3 Å². The Morgan fingerprint density at radius 3 is 1.88 bits per heavy atom. The molecular formula is C5H9NO2. The minimum atomic E-state index is -0.579. The zero-order valence-electron chi connectivity index (χ0n) is 4.93. The maximum atomic E-state index is 10.1. The van der Waals surface area contributed by atoms with E-state index in [-0.39, 0.29) is 11.3 Å². The highest BCUT2D eigenvalue weighted by Crippen LogP contribution is 1.95. The van der Waals surface area contributed by atoms with E-state index in [2.05, 4.69) is 0 Å². The molecule has 3 heteroatoms. The van der Waals surface area contributed by atoms with Gasteiger partial charge in [0.1, 0.15) is 0 Å². The minimum Gasteiger partial charge on any atom is -0.512 e. The van der Waals surface area contributed by atoms with Crippen molar-refractivity contribution in [2.45, 2.75) is 13.8 Å². The number of aliphatic hydroxyl groups is 1. The molecule has 0 rings (SSSR count).